The van der Waals surface area contributed by atoms with Crippen molar-refractivity contribution in [1.82, 2.24) is 4.57 Å². The zero-order valence-electron chi connectivity index (χ0n) is 11.6. The lowest BCUT2D eigenvalue weighted by Gasteiger charge is -2.13. The van der Waals surface area contributed by atoms with Crippen molar-refractivity contribution in [2.75, 3.05) is 0 Å². The molecule has 0 atom stereocenters. The van der Waals surface area contributed by atoms with Gasteiger partial charge >= 0.3 is 0 Å². The molecule has 0 saturated heterocycles. The predicted molar refractivity (Wildman–Crippen MR) is 85.4 cm³/mol. The van der Waals surface area contributed by atoms with Gasteiger partial charge in [0.1, 0.15) is 0 Å². The molecule has 0 spiro atoms. The summed E-state index contributed by atoms with van der Waals surface area (Å²) in [6.07, 6.45) is 6.83. The number of allylic oxidation sites excluding steroid dienone is 1. The Hall–Kier alpha value is -2.28. The molecule has 1 aliphatic rings. The Bertz CT molecular complexity index is 821. The first-order valence-electron chi connectivity index (χ1n) is 7.20. The molecule has 1 heterocycles. The number of nitrogens with zero attached hydrogens (tertiary/aromatic N) is 1. The Labute approximate surface area is 119 Å². The lowest BCUT2D eigenvalue weighted by Crippen LogP contribution is -2.03. The van der Waals surface area contributed by atoms with Crippen LogP contribution in [0.15, 0.2) is 54.6 Å². The summed E-state index contributed by atoms with van der Waals surface area (Å²) in [4.78, 5) is 0. The summed E-state index contributed by atoms with van der Waals surface area (Å²) in [5.74, 6) is 0. The highest BCUT2D eigenvalue weighted by Gasteiger charge is 2.17. The fourth-order valence-electron chi connectivity index (χ4n) is 3.23. The van der Waals surface area contributed by atoms with Gasteiger partial charge in [-0.1, -0.05) is 42.5 Å². The van der Waals surface area contributed by atoms with Crippen LogP contribution >= 0.6 is 0 Å². The first-order valence-corrected chi connectivity index (χ1v) is 7.20. The minimum absolute atomic E-state index is 1.12. The van der Waals surface area contributed by atoms with Gasteiger partial charge < -0.3 is 4.57 Å². The topological polar surface area (TPSA) is 4.93 Å². The molecule has 1 aromatic heterocycles. The number of benzene rings is 2. The third-order valence-corrected chi connectivity index (χ3v) is 4.11. The van der Waals surface area contributed by atoms with Crippen LogP contribution in [0.3, 0.4) is 0 Å². The number of aryl methyl sites for hydroxylation is 1. The molecule has 0 radical (unpaired) electrons. The molecular weight excluding hydrogens is 242 g/mol. The highest BCUT2D eigenvalue weighted by molar-refractivity contribution is 5.93. The van der Waals surface area contributed by atoms with Crippen LogP contribution in [0.1, 0.15) is 23.2 Å². The molecule has 1 aliphatic carbocycles. The van der Waals surface area contributed by atoms with Crippen LogP contribution in [0.5, 0.6) is 0 Å². The van der Waals surface area contributed by atoms with Gasteiger partial charge in [-0.15, -0.1) is 0 Å². The highest BCUT2D eigenvalue weighted by Crippen LogP contribution is 2.33. The molecule has 0 unspecified atom stereocenters. The first-order chi connectivity index (χ1) is 9.84. The van der Waals surface area contributed by atoms with E-state index < -0.39 is 0 Å². The van der Waals surface area contributed by atoms with Crippen molar-refractivity contribution >= 4 is 17.0 Å². The zero-order valence-corrected chi connectivity index (χ0v) is 11.6. The molecule has 0 aliphatic heterocycles. The van der Waals surface area contributed by atoms with Gasteiger partial charge in [0, 0.05) is 22.3 Å². The Balaban J connectivity index is 2.11. The average Bonchev–Trinajstić information content (AvgIpc) is 2.82. The van der Waals surface area contributed by atoms with Crippen molar-refractivity contribution in [1.29, 1.82) is 0 Å². The molecule has 0 fully saturated rings. The third kappa shape index (κ3) is 1.63. The molecule has 0 saturated carbocycles. The summed E-state index contributed by atoms with van der Waals surface area (Å²) < 4.78 is 2.43. The van der Waals surface area contributed by atoms with Crippen LogP contribution < -0.4 is 0 Å². The summed E-state index contributed by atoms with van der Waals surface area (Å²) in [6.45, 7) is 2.15. The summed E-state index contributed by atoms with van der Waals surface area (Å²) in [5.41, 5.74) is 6.74. The standard InChI is InChI=1S/C19H17N/c1-14-7-6-8-15(13-14)20-18-11-4-2-9-16(18)17-10-3-5-12-19(17)20/h2-4,6-11,13H,5,12H2,1H3. The Morgan fingerprint density at radius 1 is 1.00 bits per heavy atom. The van der Waals surface area contributed by atoms with E-state index in [-0.39, 0.29) is 0 Å². The molecule has 0 amide bonds. The molecule has 2 aromatic carbocycles. The van der Waals surface area contributed by atoms with Gasteiger partial charge in [0.15, 0.2) is 0 Å². The van der Waals surface area contributed by atoms with E-state index >= 15 is 0 Å². The second-order valence-corrected chi connectivity index (χ2v) is 5.49. The predicted octanol–water partition coefficient (Wildman–Crippen LogP) is 4.90. The molecule has 0 N–H and O–H groups in total. The smallest absolute Gasteiger partial charge is 0.0537 e. The zero-order chi connectivity index (χ0) is 13.5. The van der Waals surface area contributed by atoms with E-state index in [9.17, 15) is 0 Å². The summed E-state index contributed by atoms with van der Waals surface area (Å²) in [6, 6.07) is 17.5. The van der Waals surface area contributed by atoms with Crippen molar-refractivity contribution in [3.05, 3.63) is 71.4 Å². The minimum atomic E-state index is 1.12. The lowest BCUT2D eigenvalue weighted by atomic mass is 10.0. The van der Waals surface area contributed by atoms with Crippen LogP contribution in [0, 0.1) is 6.92 Å². The quantitative estimate of drug-likeness (QED) is 0.586. The van der Waals surface area contributed by atoms with Crippen molar-refractivity contribution in [3.8, 4) is 5.69 Å². The maximum Gasteiger partial charge on any atom is 0.0537 e. The van der Waals surface area contributed by atoms with Crippen molar-refractivity contribution in [2.24, 2.45) is 0 Å². The Morgan fingerprint density at radius 3 is 2.80 bits per heavy atom. The van der Waals surface area contributed by atoms with Gasteiger partial charge in [0.25, 0.3) is 0 Å². The van der Waals surface area contributed by atoms with Gasteiger partial charge in [0.2, 0.25) is 0 Å². The van der Waals surface area contributed by atoms with Gasteiger partial charge in [-0.2, -0.15) is 0 Å². The van der Waals surface area contributed by atoms with Gasteiger partial charge in [-0.05, 0) is 43.5 Å². The molecule has 0 bridgehead atoms. The molecule has 98 valence electrons. The summed E-state index contributed by atoms with van der Waals surface area (Å²) >= 11 is 0. The summed E-state index contributed by atoms with van der Waals surface area (Å²) in [7, 11) is 0. The molecule has 20 heavy (non-hydrogen) atoms. The number of aromatic nitrogens is 1. The Kier molecular flexibility index (Phi) is 2.53. The van der Waals surface area contributed by atoms with Crippen molar-refractivity contribution in [2.45, 2.75) is 19.8 Å². The normalized spacial score (nSPS) is 13.7. The van der Waals surface area contributed by atoms with Crippen LogP contribution in [0.4, 0.5) is 0 Å². The van der Waals surface area contributed by atoms with E-state index in [0.29, 0.717) is 0 Å². The highest BCUT2D eigenvalue weighted by atomic mass is 15.0. The van der Waals surface area contributed by atoms with E-state index in [1.54, 1.807) is 0 Å². The number of rotatable bonds is 1. The van der Waals surface area contributed by atoms with Gasteiger partial charge in [-0.3, -0.25) is 0 Å². The van der Waals surface area contributed by atoms with E-state index in [4.69, 9.17) is 0 Å². The average molecular weight is 259 g/mol. The maximum atomic E-state index is 2.43. The van der Waals surface area contributed by atoms with E-state index in [0.717, 1.165) is 12.8 Å². The van der Waals surface area contributed by atoms with E-state index in [2.05, 4.69) is 72.2 Å². The number of fused-ring (bicyclic) bond motifs is 3. The SMILES string of the molecule is Cc1cccc(-n2c3c(c4ccccc42)C=CCC3)c1. The molecule has 4 rings (SSSR count). The second kappa shape index (κ2) is 4.38. The van der Waals surface area contributed by atoms with Crippen LogP contribution in [0.25, 0.3) is 22.7 Å². The van der Waals surface area contributed by atoms with E-state index in [1.807, 2.05) is 0 Å². The minimum Gasteiger partial charge on any atom is -0.313 e. The van der Waals surface area contributed by atoms with Gasteiger partial charge in [-0.25, -0.2) is 0 Å². The largest absolute Gasteiger partial charge is 0.313 e. The lowest BCUT2D eigenvalue weighted by molar-refractivity contribution is 0.888. The van der Waals surface area contributed by atoms with Crippen LogP contribution in [-0.4, -0.2) is 4.57 Å². The molecule has 1 heteroatoms. The Morgan fingerprint density at radius 2 is 1.90 bits per heavy atom. The first kappa shape index (κ1) is 11.5. The molecule has 3 aromatic rings. The fourth-order valence-corrected chi connectivity index (χ4v) is 3.23. The number of hydrogen-bond donors (Lipinski definition) is 0. The maximum absolute atomic E-state index is 2.43. The summed E-state index contributed by atoms with van der Waals surface area (Å²) in [5, 5.41) is 1.36. The number of para-hydroxylation sites is 1. The van der Waals surface area contributed by atoms with Gasteiger partial charge in [0.05, 0.1) is 5.52 Å². The third-order valence-electron chi connectivity index (χ3n) is 4.11. The van der Waals surface area contributed by atoms with Crippen LogP contribution in [0.2, 0.25) is 0 Å². The number of hydrogen-bond acceptors (Lipinski definition) is 0. The monoisotopic (exact) mass is 259 g/mol. The van der Waals surface area contributed by atoms with Crippen molar-refractivity contribution < 1.29 is 0 Å². The fraction of sp³-hybridized carbons (Fsp3) is 0.158. The van der Waals surface area contributed by atoms with Crippen molar-refractivity contribution in [3.63, 3.8) is 0 Å². The van der Waals surface area contributed by atoms with E-state index in [1.165, 1.54) is 33.4 Å². The molecule has 1 nitrogen and oxygen atoms in total. The second-order valence-electron chi connectivity index (χ2n) is 5.49. The van der Waals surface area contributed by atoms with Crippen LogP contribution in [-0.2, 0) is 6.42 Å². The molecular formula is C19H17N.